The molecule has 8 nitrogen and oxygen atoms in total. The van der Waals surface area contributed by atoms with E-state index in [1.807, 2.05) is 19.1 Å². The van der Waals surface area contributed by atoms with Crippen LogP contribution in [-0.4, -0.2) is 34.6 Å². The van der Waals surface area contributed by atoms with Crippen LogP contribution >= 0.6 is 0 Å². The lowest BCUT2D eigenvalue weighted by molar-refractivity contribution is -0.124. The van der Waals surface area contributed by atoms with Gasteiger partial charge in [-0.1, -0.05) is 30.7 Å². The van der Waals surface area contributed by atoms with Crippen LogP contribution in [0.5, 0.6) is 5.88 Å². The lowest BCUT2D eigenvalue weighted by Gasteiger charge is -2.14. The van der Waals surface area contributed by atoms with Gasteiger partial charge in [-0.3, -0.25) is 14.2 Å². The van der Waals surface area contributed by atoms with Crippen molar-refractivity contribution in [1.82, 2.24) is 19.9 Å². The highest BCUT2D eigenvalue weighted by atomic mass is 19.1. The third kappa shape index (κ3) is 5.19. The molecule has 4 aromatic rings. The largest absolute Gasteiger partial charge is 0.480 e. The second-order valence-electron chi connectivity index (χ2n) is 8.68. The zero-order chi connectivity index (χ0) is 25.8. The van der Waals surface area contributed by atoms with Gasteiger partial charge >= 0.3 is 0 Å². The Morgan fingerprint density at radius 2 is 1.94 bits per heavy atom. The van der Waals surface area contributed by atoms with Gasteiger partial charge in [0.25, 0.3) is 5.56 Å². The zero-order valence-corrected chi connectivity index (χ0v) is 20.6. The SMILES string of the molecule is CNC(=O)C(C)Cn1cnc2ccc(-c3cnc(OC)c(NCc4cc(C)ccc4F)c3)cc2c1=O. The minimum absolute atomic E-state index is 0.148. The van der Waals surface area contributed by atoms with Crippen molar-refractivity contribution in [3.63, 3.8) is 0 Å². The topological polar surface area (TPSA) is 98.1 Å². The molecule has 0 aliphatic rings. The van der Waals surface area contributed by atoms with E-state index in [-0.39, 0.29) is 36.3 Å². The number of carbonyl (C=O) groups is 1. The average molecular weight is 490 g/mol. The first-order valence-corrected chi connectivity index (χ1v) is 11.5. The molecule has 0 spiro atoms. The van der Waals surface area contributed by atoms with Crippen molar-refractivity contribution >= 4 is 22.5 Å². The number of carbonyl (C=O) groups excluding carboxylic acids is 1. The number of rotatable bonds is 8. The van der Waals surface area contributed by atoms with Crippen LogP contribution in [-0.2, 0) is 17.9 Å². The number of nitrogens with one attached hydrogen (secondary N) is 2. The third-order valence-corrected chi connectivity index (χ3v) is 6.04. The molecule has 2 N–H and O–H groups in total. The molecule has 0 saturated heterocycles. The summed E-state index contributed by atoms with van der Waals surface area (Å²) in [5.74, 6) is -0.446. The number of aryl methyl sites for hydroxylation is 1. The van der Waals surface area contributed by atoms with E-state index < -0.39 is 0 Å². The highest BCUT2D eigenvalue weighted by Gasteiger charge is 2.15. The first kappa shape index (κ1) is 24.8. The van der Waals surface area contributed by atoms with Gasteiger partial charge in [0, 0.05) is 37.5 Å². The number of fused-ring (bicyclic) bond motifs is 1. The van der Waals surface area contributed by atoms with Crippen molar-refractivity contribution in [2.45, 2.75) is 26.9 Å². The predicted molar refractivity (Wildman–Crippen MR) is 137 cm³/mol. The number of hydrogen-bond donors (Lipinski definition) is 2. The number of methoxy groups -OCH3 is 1. The molecule has 2 aromatic heterocycles. The van der Waals surface area contributed by atoms with Crippen molar-refractivity contribution in [2.24, 2.45) is 5.92 Å². The molecule has 186 valence electrons. The monoisotopic (exact) mass is 489 g/mol. The van der Waals surface area contributed by atoms with Crippen LogP contribution in [0.15, 0.2) is 59.8 Å². The fraction of sp³-hybridized carbons (Fsp3) is 0.259. The summed E-state index contributed by atoms with van der Waals surface area (Å²) in [4.78, 5) is 33.8. The van der Waals surface area contributed by atoms with Gasteiger partial charge in [0.1, 0.15) is 5.82 Å². The molecule has 1 unspecified atom stereocenters. The number of ether oxygens (including phenoxy) is 1. The van der Waals surface area contributed by atoms with Crippen LogP contribution in [0.3, 0.4) is 0 Å². The summed E-state index contributed by atoms with van der Waals surface area (Å²) in [5, 5.41) is 6.24. The van der Waals surface area contributed by atoms with Gasteiger partial charge < -0.3 is 15.4 Å². The number of halogens is 1. The predicted octanol–water partition coefficient (Wildman–Crippen LogP) is 3.91. The van der Waals surface area contributed by atoms with Gasteiger partial charge in [0.05, 0.1) is 35.9 Å². The molecule has 0 aliphatic carbocycles. The van der Waals surface area contributed by atoms with Gasteiger partial charge in [-0.2, -0.15) is 0 Å². The number of benzene rings is 2. The van der Waals surface area contributed by atoms with E-state index >= 15 is 0 Å². The normalized spacial score (nSPS) is 11.8. The fourth-order valence-electron chi connectivity index (χ4n) is 4.02. The van der Waals surface area contributed by atoms with E-state index in [0.29, 0.717) is 28.0 Å². The van der Waals surface area contributed by atoms with Crippen LogP contribution in [0.25, 0.3) is 22.0 Å². The molecule has 4 rings (SSSR count). The van der Waals surface area contributed by atoms with E-state index in [1.54, 1.807) is 44.4 Å². The Kier molecular flexibility index (Phi) is 7.28. The molecule has 0 aliphatic heterocycles. The third-order valence-electron chi connectivity index (χ3n) is 6.04. The smallest absolute Gasteiger partial charge is 0.261 e. The van der Waals surface area contributed by atoms with Crippen molar-refractivity contribution in [2.75, 3.05) is 19.5 Å². The van der Waals surface area contributed by atoms with E-state index in [9.17, 15) is 14.0 Å². The lowest BCUT2D eigenvalue weighted by Crippen LogP contribution is -2.32. The number of pyridine rings is 1. The summed E-state index contributed by atoms with van der Waals surface area (Å²) < 4.78 is 21.0. The summed E-state index contributed by atoms with van der Waals surface area (Å²) in [6.07, 6.45) is 3.12. The second-order valence-corrected chi connectivity index (χ2v) is 8.68. The standard InChI is InChI=1S/C27H28FN5O3/c1-16-5-7-22(28)20(9-16)13-30-24-11-19(12-31-26(24)36-4)18-6-8-23-21(10-18)27(35)33(15-32-23)14-17(2)25(34)29-3/h5-12,15,17,30H,13-14H2,1-4H3,(H,29,34). The van der Waals surface area contributed by atoms with Crippen molar-refractivity contribution in [3.8, 4) is 17.0 Å². The van der Waals surface area contributed by atoms with Gasteiger partial charge in [-0.15, -0.1) is 0 Å². The molecule has 9 heteroatoms. The van der Waals surface area contributed by atoms with Crippen molar-refractivity contribution in [1.29, 1.82) is 0 Å². The number of hydrogen-bond acceptors (Lipinski definition) is 6. The van der Waals surface area contributed by atoms with Gasteiger partial charge in [-0.25, -0.2) is 14.4 Å². The van der Waals surface area contributed by atoms with E-state index in [0.717, 1.165) is 16.7 Å². The molecule has 0 bridgehead atoms. The molecular weight excluding hydrogens is 461 g/mol. The summed E-state index contributed by atoms with van der Waals surface area (Å²) in [7, 11) is 3.08. The van der Waals surface area contributed by atoms with E-state index in [2.05, 4.69) is 20.6 Å². The molecule has 2 heterocycles. The number of aromatic nitrogens is 3. The van der Waals surface area contributed by atoms with Crippen LogP contribution in [0.4, 0.5) is 10.1 Å². The van der Waals surface area contributed by atoms with Gasteiger partial charge in [-0.05, 0) is 36.8 Å². The molecular formula is C27H28FN5O3. The van der Waals surface area contributed by atoms with Crippen LogP contribution in [0.1, 0.15) is 18.1 Å². The van der Waals surface area contributed by atoms with Crippen molar-refractivity contribution in [3.05, 3.63) is 82.3 Å². The average Bonchev–Trinajstić information content (AvgIpc) is 2.89. The quantitative estimate of drug-likeness (QED) is 0.390. The van der Waals surface area contributed by atoms with Gasteiger partial charge in [0.2, 0.25) is 11.8 Å². The van der Waals surface area contributed by atoms with E-state index in [1.165, 1.54) is 24.1 Å². The molecule has 0 radical (unpaired) electrons. The maximum atomic E-state index is 14.2. The van der Waals surface area contributed by atoms with Crippen LogP contribution in [0, 0.1) is 18.7 Å². The van der Waals surface area contributed by atoms with E-state index in [4.69, 9.17) is 4.74 Å². The summed E-state index contributed by atoms with van der Waals surface area (Å²) in [6.45, 7) is 4.14. The fourth-order valence-corrected chi connectivity index (χ4v) is 4.02. The second kappa shape index (κ2) is 10.6. The summed E-state index contributed by atoms with van der Waals surface area (Å²) in [5.41, 5.74) is 3.93. The van der Waals surface area contributed by atoms with Crippen LogP contribution < -0.4 is 20.9 Å². The highest BCUT2D eigenvalue weighted by molar-refractivity contribution is 5.84. The Hall–Kier alpha value is -4.27. The molecule has 2 aromatic carbocycles. The number of nitrogens with zero attached hydrogens (tertiary/aromatic N) is 3. The highest BCUT2D eigenvalue weighted by Crippen LogP contribution is 2.30. The first-order valence-electron chi connectivity index (χ1n) is 11.5. The first-order chi connectivity index (χ1) is 17.3. The Balaban J connectivity index is 1.67. The van der Waals surface area contributed by atoms with Crippen LogP contribution in [0.2, 0.25) is 0 Å². The molecule has 36 heavy (non-hydrogen) atoms. The Morgan fingerprint density at radius 3 is 2.69 bits per heavy atom. The Labute approximate surface area is 208 Å². The summed E-state index contributed by atoms with van der Waals surface area (Å²) in [6, 6.07) is 12.2. The minimum atomic E-state index is -0.382. The Morgan fingerprint density at radius 1 is 1.14 bits per heavy atom. The molecule has 0 saturated carbocycles. The maximum Gasteiger partial charge on any atom is 0.261 e. The summed E-state index contributed by atoms with van der Waals surface area (Å²) >= 11 is 0. The number of amides is 1. The van der Waals surface area contributed by atoms with Gasteiger partial charge in [0.15, 0.2) is 0 Å². The maximum absolute atomic E-state index is 14.2. The lowest BCUT2D eigenvalue weighted by atomic mass is 10.0. The number of anilines is 1. The molecule has 1 amide bonds. The molecule has 1 atom stereocenters. The zero-order valence-electron chi connectivity index (χ0n) is 20.6. The minimum Gasteiger partial charge on any atom is -0.480 e. The Bertz CT molecular complexity index is 1480. The molecule has 0 fully saturated rings. The van der Waals surface area contributed by atoms with Crippen molar-refractivity contribution < 1.29 is 13.9 Å².